The quantitative estimate of drug-likeness (QED) is 0.617. The first-order valence-electron chi connectivity index (χ1n) is 11.7. The predicted molar refractivity (Wildman–Crippen MR) is 127 cm³/mol. The van der Waals surface area contributed by atoms with Gasteiger partial charge in [-0.1, -0.05) is 6.42 Å². The molecule has 0 unspecified atom stereocenters. The summed E-state index contributed by atoms with van der Waals surface area (Å²) in [5.74, 6) is 0.404. The lowest BCUT2D eigenvalue weighted by atomic mass is 10.1. The van der Waals surface area contributed by atoms with Crippen LogP contribution in [0.5, 0.6) is 0 Å². The molecule has 3 aromatic rings. The topological polar surface area (TPSA) is 66.3 Å². The van der Waals surface area contributed by atoms with E-state index in [1.807, 2.05) is 16.8 Å². The van der Waals surface area contributed by atoms with Crippen molar-refractivity contribution in [3.05, 3.63) is 65.4 Å². The van der Waals surface area contributed by atoms with E-state index in [2.05, 4.69) is 32.2 Å². The van der Waals surface area contributed by atoms with Crippen LogP contribution in [0.2, 0.25) is 0 Å². The Kier molecular flexibility index (Phi) is 6.09. The van der Waals surface area contributed by atoms with Gasteiger partial charge in [0.2, 0.25) is 0 Å². The minimum absolute atomic E-state index is 0.233. The number of likely N-dealkylation sites (N-methyl/N-ethyl adjacent to an activating group) is 1. The van der Waals surface area contributed by atoms with Crippen LogP contribution in [-0.4, -0.2) is 58.8 Å². The maximum Gasteiger partial charge on any atom is 0.276 e. The molecule has 1 aliphatic carbocycles. The standard InChI is InChI=1S/C25H29FN6O/c1-30-13-15-31(16-14-30)23-12-9-19(17-27-23)28-25(33)24-21-5-3-2-4-6-22(21)32(29-24)20-10-7-18(26)8-11-20/h7-12,17H,2-6,13-16H2,1H3,(H,28,33). The Labute approximate surface area is 193 Å². The molecule has 1 fully saturated rings. The molecule has 1 saturated heterocycles. The van der Waals surface area contributed by atoms with Crippen LogP contribution in [0.15, 0.2) is 42.6 Å². The number of nitrogens with one attached hydrogen (secondary N) is 1. The Bertz CT molecular complexity index is 1120. The number of halogens is 1. The smallest absolute Gasteiger partial charge is 0.276 e. The van der Waals surface area contributed by atoms with Crippen LogP contribution in [-0.2, 0) is 12.8 Å². The third-order valence-corrected chi connectivity index (χ3v) is 6.55. The van der Waals surface area contributed by atoms with Crippen LogP contribution in [0.3, 0.4) is 0 Å². The number of rotatable bonds is 4. The van der Waals surface area contributed by atoms with Crippen molar-refractivity contribution in [1.29, 1.82) is 0 Å². The molecular weight excluding hydrogens is 419 g/mol. The van der Waals surface area contributed by atoms with E-state index < -0.39 is 0 Å². The first kappa shape index (κ1) is 21.6. The summed E-state index contributed by atoms with van der Waals surface area (Å²) in [5.41, 5.74) is 3.91. The first-order chi connectivity index (χ1) is 16.1. The molecule has 0 radical (unpaired) electrons. The third kappa shape index (κ3) is 4.61. The van der Waals surface area contributed by atoms with Crippen molar-refractivity contribution in [3.63, 3.8) is 0 Å². The molecular formula is C25H29FN6O. The summed E-state index contributed by atoms with van der Waals surface area (Å²) < 4.78 is 15.3. The van der Waals surface area contributed by atoms with Gasteiger partial charge in [0.15, 0.2) is 5.69 Å². The zero-order valence-corrected chi connectivity index (χ0v) is 18.9. The minimum Gasteiger partial charge on any atom is -0.354 e. The van der Waals surface area contributed by atoms with Gasteiger partial charge in [-0.2, -0.15) is 5.10 Å². The molecule has 33 heavy (non-hydrogen) atoms. The second-order valence-corrected chi connectivity index (χ2v) is 8.87. The summed E-state index contributed by atoms with van der Waals surface area (Å²) in [7, 11) is 2.13. The average molecular weight is 449 g/mol. The van der Waals surface area contributed by atoms with E-state index in [9.17, 15) is 9.18 Å². The van der Waals surface area contributed by atoms with Crippen molar-refractivity contribution >= 4 is 17.4 Å². The van der Waals surface area contributed by atoms with Crippen molar-refractivity contribution < 1.29 is 9.18 Å². The molecule has 5 rings (SSSR count). The van der Waals surface area contributed by atoms with Crippen LogP contribution in [0.4, 0.5) is 15.9 Å². The summed E-state index contributed by atoms with van der Waals surface area (Å²) in [6, 6.07) is 10.1. The van der Waals surface area contributed by atoms with E-state index in [1.54, 1.807) is 18.3 Å². The second kappa shape index (κ2) is 9.31. The van der Waals surface area contributed by atoms with Crippen LogP contribution in [0, 0.1) is 5.82 Å². The number of amides is 1. The van der Waals surface area contributed by atoms with E-state index in [0.29, 0.717) is 11.4 Å². The molecule has 7 nitrogen and oxygen atoms in total. The summed E-state index contributed by atoms with van der Waals surface area (Å²) >= 11 is 0. The maximum absolute atomic E-state index is 13.4. The van der Waals surface area contributed by atoms with Crippen molar-refractivity contribution in [2.24, 2.45) is 0 Å². The number of carbonyl (C=O) groups excluding carboxylic acids is 1. The predicted octanol–water partition coefficient (Wildman–Crippen LogP) is 3.68. The fourth-order valence-corrected chi connectivity index (χ4v) is 4.63. The Morgan fingerprint density at radius 2 is 1.73 bits per heavy atom. The monoisotopic (exact) mass is 448 g/mol. The van der Waals surface area contributed by atoms with Gasteiger partial charge in [0.25, 0.3) is 5.91 Å². The van der Waals surface area contributed by atoms with Gasteiger partial charge in [-0.3, -0.25) is 4.79 Å². The average Bonchev–Trinajstić information content (AvgIpc) is 3.02. The number of hydrogen-bond donors (Lipinski definition) is 1. The minimum atomic E-state index is -0.289. The van der Waals surface area contributed by atoms with Crippen LogP contribution in [0.25, 0.3) is 5.69 Å². The Morgan fingerprint density at radius 1 is 0.970 bits per heavy atom. The molecule has 1 amide bonds. The van der Waals surface area contributed by atoms with Crippen molar-refractivity contribution in [2.45, 2.75) is 32.1 Å². The second-order valence-electron chi connectivity index (χ2n) is 8.87. The van der Waals surface area contributed by atoms with Gasteiger partial charge >= 0.3 is 0 Å². The fraction of sp³-hybridized carbons (Fsp3) is 0.400. The van der Waals surface area contributed by atoms with Crippen molar-refractivity contribution in [1.82, 2.24) is 19.7 Å². The lowest BCUT2D eigenvalue weighted by molar-refractivity contribution is 0.102. The maximum atomic E-state index is 13.4. The van der Waals surface area contributed by atoms with Crippen LogP contribution in [0.1, 0.15) is 41.0 Å². The lowest BCUT2D eigenvalue weighted by Gasteiger charge is -2.33. The van der Waals surface area contributed by atoms with E-state index >= 15 is 0 Å². The Morgan fingerprint density at radius 3 is 2.45 bits per heavy atom. The van der Waals surface area contributed by atoms with E-state index in [-0.39, 0.29) is 11.7 Å². The van der Waals surface area contributed by atoms with Gasteiger partial charge < -0.3 is 15.1 Å². The summed E-state index contributed by atoms with van der Waals surface area (Å²) in [6.45, 7) is 3.92. The van der Waals surface area contributed by atoms with Crippen molar-refractivity contribution in [2.75, 3.05) is 43.4 Å². The number of piperazine rings is 1. The normalized spacial score (nSPS) is 16.8. The molecule has 0 atom stereocenters. The van der Waals surface area contributed by atoms with Gasteiger partial charge in [-0.05, 0) is 69.1 Å². The van der Waals surface area contributed by atoms with Gasteiger partial charge in [-0.15, -0.1) is 0 Å². The number of anilines is 2. The number of nitrogens with zero attached hydrogens (tertiary/aromatic N) is 5. The fourth-order valence-electron chi connectivity index (χ4n) is 4.63. The zero-order valence-electron chi connectivity index (χ0n) is 18.9. The molecule has 2 aromatic heterocycles. The third-order valence-electron chi connectivity index (χ3n) is 6.55. The van der Waals surface area contributed by atoms with Gasteiger partial charge in [0.1, 0.15) is 11.6 Å². The highest BCUT2D eigenvalue weighted by molar-refractivity contribution is 6.04. The molecule has 3 heterocycles. The molecule has 0 spiro atoms. The van der Waals surface area contributed by atoms with E-state index in [4.69, 9.17) is 0 Å². The highest BCUT2D eigenvalue weighted by Crippen LogP contribution is 2.27. The van der Waals surface area contributed by atoms with E-state index in [0.717, 1.165) is 81.0 Å². The van der Waals surface area contributed by atoms with Crippen LogP contribution < -0.4 is 10.2 Å². The molecule has 8 heteroatoms. The highest BCUT2D eigenvalue weighted by Gasteiger charge is 2.25. The molecule has 0 bridgehead atoms. The molecule has 1 aromatic carbocycles. The van der Waals surface area contributed by atoms with Crippen molar-refractivity contribution in [3.8, 4) is 5.69 Å². The Balaban J connectivity index is 1.37. The number of fused-ring (bicyclic) bond motifs is 1. The van der Waals surface area contributed by atoms with Crippen LogP contribution >= 0.6 is 0 Å². The molecule has 172 valence electrons. The largest absolute Gasteiger partial charge is 0.354 e. The molecule has 0 saturated carbocycles. The van der Waals surface area contributed by atoms with Gasteiger partial charge in [0.05, 0.1) is 17.6 Å². The highest BCUT2D eigenvalue weighted by atomic mass is 19.1. The summed E-state index contributed by atoms with van der Waals surface area (Å²) in [6.07, 6.45) is 6.59. The lowest BCUT2D eigenvalue weighted by Crippen LogP contribution is -2.44. The number of pyridine rings is 1. The van der Waals surface area contributed by atoms with E-state index in [1.165, 1.54) is 12.1 Å². The molecule has 1 aliphatic heterocycles. The Hall–Kier alpha value is -3.26. The summed E-state index contributed by atoms with van der Waals surface area (Å²) in [5, 5.41) is 7.65. The van der Waals surface area contributed by atoms with Gasteiger partial charge in [-0.25, -0.2) is 14.1 Å². The first-order valence-corrected chi connectivity index (χ1v) is 11.7. The number of hydrogen-bond acceptors (Lipinski definition) is 5. The summed E-state index contributed by atoms with van der Waals surface area (Å²) in [4.78, 5) is 22.4. The van der Waals surface area contributed by atoms with Gasteiger partial charge in [0, 0.05) is 37.4 Å². The zero-order chi connectivity index (χ0) is 22.8. The molecule has 1 N–H and O–H groups in total. The number of carbonyl (C=O) groups is 1. The SMILES string of the molecule is CN1CCN(c2ccc(NC(=O)c3nn(-c4ccc(F)cc4)c4c3CCCCC4)cn2)CC1. The number of aromatic nitrogens is 3. The number of benzene rings is 1. The molecule has 2 aliphatic rings.